The normalized spacial score (nSPS) is 18.8. The third kappa shape index (κ3) is 5.07. The highest BCUT2D eigenvalue weighted by atomic mass is 35.5. The summed E-state index contributed by atoms with van der Waals surface area (Å²) < 4.78 is 43.7. The fourth-order valence-electron chi connectivity index (χ4n) is 5.55. The van der Waals surface area contributed by atoms with Crippen molar-refractivity contribution in [2.75, 3.05) is 51.5 Å². The van der Waals surface area contributed by atoms with E-state index in [1.165, 1.54) is 12.1 Å². The second-order valence-corrected chi connectivity index (χ2v) is 12.3. The van der Waals surface area contributed by atoms with Crippen molar-refractivity contribution in [2.45, 2.75) is 25.2 Å². The fourth-order valence-corrected chi connectivity index (χ4v) is 6.80. The molecule has 4 heterocycles. The molecule has 6 rings (SSSR count). The average molecular weight is 639 g/mol. The molecule has 0 spiro atoms. The molecule has 0 unspecified atom stereocenters. The lowest BCUT2D eigenvalue weighted by Crippen LogP contribution is -2.44. The minimum atomic E-state index is -0.763. The van der Waals surface area contributed by atoms with Crippen LogP contribution in [-0.2, 0) is 4.74 Å². The molecule has 4 aromatic rings. The molecule has 0 saturated carbocycles. The maximum Gasteiger partial charge on any atom is 0.319 e. The van der Waals surface area contributed by atoms with Crippen LogP contribution in [0.15, 0.2) is 35.6 Å². The van der Waals surface area contributed by atoms with Crippen LogP contribution < -0.4 is 15.4 Å². The summed E-state index contributed by atoms with van der Waals surface area (Å²) in [5, 5.41) is 10.5. The van der Waals surface area contributed by atoms with Gasteiger partial charge in [-0.05, 0) is 38.7 Å². The molecule has 10 nitrogen and oxygen atoms in total. The largest absolute Gasteiger partial charge is 0.456 e. The number of halogens is 3. The Bertz CT molecular complexity index is 1870. The van der Waals surface area contributed by atoms with Crippen LogP contribution in [0.4, 0.5) is 19.6 Å². The number of aliphatic imine (C=N–C) groups is 1. The molecule has 228 valence electrons. The van der Waals surface area contributed by atoms with Gasteiger partial charge in [0.05, 0.1) is 47.3 Å². The number of nitrogens with zero attached hydrogens (tertiary/aromatic N) is 7. The average Bonchev–Trinajstić information content (AvgIpc) is 3.62. The number of hydrogen-bond acceptors (Lipinski definition) is 11. The Balaban J connectivity index is 1.56. The molecule has 44 heavy (non-hydrogen) atoms. The third-order valence-corrected chi connectivity index (χ3v) is 9.40. The lowest BCUT2D eigenvalue weighted by atomic mass is 9.97. The highest BCUT2D eigenvalue weighted by Gasteiger charge is 2.34. The number of thiophene rings is 1. The number of benzene rings is 2. The summed E-state index contributed by atoms with van der Waals surface area (Å²) in [5.74, 6) is -0.940. The van der Waals surface area contributed by atoms with Gasteiger partial charge in [-0.2, -0.15) is 15.2 Å². The molecule has 2 aromatic heterocycles. The summed E-state index contributed by atoms with van der Waals surface area (Å²) >= 11 is 7.74. The standard InChI is InChI=1S/C30H29ClF2N8O2S/c1-15(41-9-7-36-8-10-41)40(4)29-17-11-19(31)24(16-5-6-20(32)27-23(16)18(12-34)28(35)44-27)25(33)26(17)37-30(38-29)43-22-14-42-13-21(22)39(2)3/h5-9,11,15,21-22H,10,13-14,35H2,1-4H3/t15-,21-,22+/m0/s1. The van der Waals surface area contributed by atoms with Crippen molar-refractivity contribution in [2.24, 2.45) is 4.99 Å². The monoisotopic (exact) mass is 638 g/mol. The van der Waals surface area contributed by atoms with Gasteiger partial charge in [-0.15, -0.1) is 11.3 Å². The zero-order valence-electron chi connectivity index (χ0n) is 24.4. The first-order valence-corrected chi connectivity index (χ1v) is 15.0. The molecule has 0 bridgehead atoms. The lowest BCUT2D eigenvalue weighted by molar-refractivity contribution is 0.117. The Labute approximate surface area is 261 Å². The molecular formula is C30H29ClF2N8O2S. The van der Waals surface area contributed by atoms with Crippen LogP contribution in [0, 0.1) is 23.0 Å². The van der Waals surface area contributed by atoms with Crippen molar-refractivity contribution in [3.8, 4) is 23.2 Å². The zero-order valence-corrected chi connectivity index (χ0v) is 26.0. The summed E-state index contributed by atoms with van der Waals surface area (Å²) in [6.45, 7) is 3.35. The first kappa shape index (κ1) is 30.0. The van der Waals surface area contributed by atoms with E-state index < -0.39 is 17.7 Å². The van der Waals surface area contributed by atoms with Gasteiger partial charge >= 0.3 is 6.01 Å². The van der Waals surface area contributed by atoms with Crippen molar-refractivity contribution in [1.29, 1.82) is 5.26 Å². The van der Waals surface area contributed by atoms with E-state index in [-0.39, 0.29) is 60.5 Å². The maximum atomic E-state index is 16.9. The maximum absolute atomic E-state index is 16.9. The smallest absolute Gasteiger partial charge is 0.319 e. The third-order valence-electron chi connectivity index (χ3n) is 8.08. The van der Waals surface area contributed by atoms with Crippen LogP contribution in [0.3, 0.4) is 0 Å². The van der Waals surface area contributed by atoms with Crippen LogP contribution in [0.5, 0.6) is 6.01 Å². The van der Waals surface area contributed by atoms with E-state index in [4.69, 9.17) is 31.8 Å². The number of nitrogen functional groups attached to an aromatic ring is 1. The summed E-state index contributed by atoms with van der Waals surface area (Å²) in [6.07, 6.45) is 4.74. The molecule has 0 amide bonds. The van der Waals surface area contributed by atoms with E-state index in [1.807, 2.05) is 55.0 Å². The molecule has 2 aliphatic heterocycles. The highest BCUT2D eigenvalue weighted by molar-refractivity contribution is 7.23. The SMILES string of the molecule is C[C@H](N1C=CN=CC1)N(C)c1nc(O[C@@H]2COC[C@@H]2N(C)C)nc2c(F)c(-c3ccc(F)c4sc(N)c(C#N)c34)c(Cl)cc12. The van der Waals surface area contributed by atoms with Gasteiger partial charge in [-0.3, -0.25) is 4.99 Å². The van der Waals surface area contributed by atoms with E-state index in [9.17, 15) is 9.65 Å². The van der Waals surface area contributed by atoms with Gasteiger partial charge in [0.1, 0.15) is 34.3 Å². The van der Waals surface area contributed by atoms with Gasteiger partial charge in [0.15, 0.2) is 5.82 Å². The molecule has 14 heteroatoms. The second-order valence-electron chi connectivity index (χ2n) is 10.8. The molecular weight excluding hydrogens is 610 g/mol. The summed E-state index contributed by atoms with van der Waals surface area (Å²) in [5.41, 5.74) is 6.26. The van der Waals surface area contributed by atoms with E-state index in [0.717, 1.165) is 11.3 Å². The quantitative estimate of drug-likeness (QED) is 0.290. The van der Waals surface area contributed by atoms with Crippen molar-refractivity contribution >= 4 is 61.0 Å². The minimum Gasteiger partial charge on any atom is -0.456 e. The summed E-state index contributed by atoms with van der Waals surface area (Å²) in [7, 11) is 5.70. The van der Waals surface area contributed by atoms with Crippen LogP contribution in [0.2, 0.25) is 5.02 Å². The summed E-state index contributed by atoms with van der Waals surface area (Å²) in [6, 6.07) is 6.14. The predicted octanol–water partition coefficient (Wildman–Crippen LogP) is 5.24. The first-order chi connectivity index (χ1) is 21.1. The van der Waals surface area contributed by atoms with Gasteiger partial charge in [0.2, 0.25) is 0 Å². The fraction of sp³-hybridized carbons (Fsp3) is 0.333. The number of fused-ring (bicyclic) bond motifs is 2. The van der Waals surface area contributed by atoms with Crippen LogP contribution in [0.25, 0.3) is 32.1 Å². The molecule has 3 atom stereocenters. The van der Waals surface area contributed by atoms with Crippen molar-refractivity contribution < 1.29 is 18.3 Å². The van der Waals surface area contributed by atoms with E-state index in [2.05, 4.69) is 9.98 Å². The van der Waals surface area contributed by atoms with E-state index >= 15 is 4.39 Å². The molecule has 2 aliphatic rings. The Morgan fingerprint density at radius 2 is 2.05 bits per heavy atom. The Morgan fingerprint density at radius 1 is 1.25 bits per heavy atom. The number of aromatic nitrogens is 2. The highest BCUT2D eigenvalue weighted by Crippen LogP contribution is 2.45. The van der Waals surface area contributed by atoms with Crippen LogP contribution in [-0.4, -0.2) is 85.2 Å². The second kappa shape index (κ2) is 11.8. The molecule has 0 aliphatic carbocycles. The Hall–Kier alpha value is -4.09. The molecule has 0 radical (unpaired) electrons. The molecule has 2 aromatic carbocycles. The number of anilines is 2. The Morgan fingerprint density at radius 3 is 2.75 bits per heavy atom. The van der Waals surface area contributed by atoms with E-state index in [0.29, 0.717) is 31.0 Å². The molecule has 2 N–H and O–H groups in total. The lowest BCUT2D eigenvalue weighted by Gasteiger charge is -2.36. The predicted molar refractivity (Wildman–Crippen MR) is 169 cm³/mol. The van der Waals surface area contributed by atoms with Gasteiger partial charge < -0.3 is 29.9 Å². The number of rotatable bonds is 7. The zero-order chi connectivity index (χ0) is 31.3. The number of hydrogen-bond donors (Lipinski definition) is 1. The van der Waals surface area contributed by atoms with Crippen LogP contribution in [0.1, 0.15) is 12.5 Å². The topological polar surface area (TPSA) is 116 Å². The minimum absolute atomic E-state index is 0.0291. The number of ether oxygens (including phenoxy) is 2. The number of likely N-dealkylation sites (N-methyl/N-ethyl adjacent to an activating group) is 1. The van der Waals surface area contributed by atoms with E-state index in [1.54, 1.807) is 18.5 Å². The summed E-state index contributed by atoms with van der Waals surface area (Å²) in [4.78, 5) is 19.4. The number of nitriles is 1. The first-order valence-electron chi connectivity index (χ1n) is 13.8. The molecule has 1 saturated heterocycles. The van der Waals surface area contributed by atoms with Gasteiger partial charge in [-0.1, -0.05) is 17.7 Å². The van der Waals surface area contributed by atoms with Crippen LogP contribution >= 0.6 is 22.9 Å². The van der Waals surface area contributed by atoms with Crippen molar-refractivity contribution in [3.63, 3.8) is 0 Å². The van der Waals surface area contributed by atoms with Crippen molar-refractivity contribution in [1.82, 2.24) is 19.8 Å². The Kier molecular flexibility index (Phi) is 8.02. The van der Waals surface area contributed by atoms with Crippen molar-refractivity contribution in [3.05, 3.63) is 52.8 Å². The van der Waals surface area contributed by atoms with Gasteiger partial charge in [0, 0.05) is 42.0 Å². The molecule has 1 fully saturated rings. The van der Waals surface area contributed by atoms with Gasteiger partial charge in [-0.25, -0.2) is 8.78 Å². The number of nitrogens with two attached hydrogens (primary N) is 1. The van der Waals surface area contributed by atoms with Gasteiger partial charge in [0.25, 0.3) is 0 Å².